The molecule has 1 amide bonds. The van der Waals surface area contributed by atoms with Crippen LogP contribution in [0.5, 0.6) is 0 Å². The third-order valence-corrected chi connectivity index (χ3v) is 6.99. The maximum atomic E-state index is 13.5. The summed E-state index contributed by atoms with van der Waals surface area (Å²) in [7, 11) is 3.39. The summed E-state index contributed by atoms with van der Waals surface area (Å²) in [5.41, 5.74) is 10.8. The molecule has 2 aromatic heterocycles. The van der Waals surface area contributed by atoms with Crippen molar-refractivity contribution in [3.63, 3.8) is 0 Å². The van der Waals surface area contributed by atoms with Gasteiger partial charge >= 0.3 is 0 Å². The molecule has 0 bridgehead atoms. The SMILES string of the molecule is CN1C(=O)C(Cc2cc3c(Cl)cccc3[nH]2)C(=O)c2c1nc(N[C@@H]1CCC[C@@H]1N=[N+]=[N-])n2C. The molecule has 2 N–H and O–H groups in total. The highest BCUT2D eigenvalue weighted by Crippen LogP contribution is 2.35. The van der Waals surface area contributed by atoms with Crippen molar-refractivity contribution in [3.05, 3.63) is 51.1 Å². The Hall–Kier alpha value is -3.49. The molecule has 170 valence electrons. The molecule has 3 aromatic rings. The van der Waals surface area contributed by atoms with Crippen LogP contribution in [-0.4, -0.2) is 45.4 Å². The molecule has 0 saturated heterocycles. The minimum absolute atomic E-state index is 0.0635. The monoisotopic (exact) mass is 466 g/mol. The Kier molecular flexibility index (Phi) is 5.26. The van der Waals surface area contributed by atoms with Gasteiger partial charge in [0.2, 0.25) is 11.9 Å². The van der Waals surface area contributed by atoms with Crippen molar-refractivity contribution in [2.45, 2.75) is 37.8 Å². The molecule has 0 spiro atoms. The highest BCUT2D eigenvalue weighted by atomic mass is 35.5. The number of hydrogen-bond donors (Lipinski definition) is 2. The Balaban J connectivity index is 1.45. The van der Waals surface area contributed by atoms with Gasteiger partial charge in [-0.15, -0.1) is 0 Å². The molecule has 1 aliphatic heterocycles. The summed E-state index contributed by atoms with van der Waals surface area (Å²) in [6, 6.07) is 7.22. The van der Waals surface area contributed by atoms with Gasteiger partial charge in [-0.05, 0) is 36.6 Å². The van der Waals surface area contributed by atoms with Crippen LogP contribution in [0.4, 0.5) is 11.8 Å². The molecular formula is C22H23ClN8O2. The van der Waals surface area contributed by atoms with Gasteiger partial charge in [0, 0.05) is 53.1 Å². The first-order chi connectivity index (χ1) is 15.9. The Labute approximate surface area is 194 Å². The highest BCUT2D eigenvalue weighted by Gasteiger charge is 2.42. The van der Waals surface area contributed by atoms with Gasteiger partial charge in [0.15, 0.2) is 11.6 Å². The summed E-state index contributed by atoms with van der Waals surface area (Å²) in [5, 5.41) is 8.67. The predicted octanol–water partition coefficient (Wildman–Crippen LogP) is 4.22. The number of nitrogens with zero attached hydrogens (tertiary/aromatic N) is 6. The number of ketones is 1. The number of hydrogen-bond acceptors (Lipinski definition) is 5. The third-order valence-electron chi connectivity index (χ3n) is 6.66. The summed E-state index contributed by atoms with van der Waals surface area (Å²) < 4.78 is 1.70. The van der Waals surface area contributed by atoms with E-state index in [0.29, 0.717) is 22.5 Å². The number of anilines is 2. The number of Topliss-reactive ketones (excluding diaryl/α,β-unsaturated/α-hetero) is 1. The maximum Gasteiger partial charge on any atom is 0.239 e. The molecule has 1 aromatic carbocycles. The van der Waals surface area contributed by atoms with Gasteiger partial charge in [-0.2, -0.15) is 4.98 Å². The van der Waals surface area contributed by atoms with E-state index in [0.717, 1.165) is 35.9 Å². The van der Waals surface area contributed by atoms with Gasteiger partial charge in [-0.3, -0.25) is 14.5 Å². The zero-order valence-corrected chi connectivity index (χ0v) is 19.0. The van der Waals surface area contributed by atoms with Crippen LogP contribution in [0.25, 0.3) is 21.3 Å². The van der Waals surface area contributed by atoms with E-state index in [4.69, 9.17) is 17.1 Å². The Bertz CT molecular complexity index is 1320. The summed E-state index contributed by atoms with van der Waals surface area (Å²) in [6.45, 7) is 0. The molecule has 11 heteroatoms. The molecule has 3 heterocycles. The zero-order valence-electron chi connectivity index (χ0n) is 18.2. The number of aromatic amines is 1. The van der Waals surface area contributed by atoms with Gasteiger partial charge in [0.25, 0.3) is 0 Å². The number of azide groups is 1. The molecule has 0 radical (unpaired) electrons. The molecule has 1 aliphatic carbocycles. The first kappa shape index (κ1) is 21.4. The van der Waals surface area contributed by atoms with E-state index >= 15 is 0 Å². The molecule has 10 nitrogen and oxygen atoms in total. The lowest BCUT2D eigenvalue weighted by molar-refractivity contribution is -0.121. The summed E-state index contributed by atoms with van der Waals surface area (Å²) in [6.07, 6.45) is 2.83. The molecule has 1 saturated carbocycles. The molecule has 5 rings (SSSR count). The van der Waals surface area contributed by atoms with E-state index in [1.54, 1.807) is 24.7 Å². The minimum atomic E-state index is -0.861. The van der Waals surface area contributed by atoms with Crippen molar-refractivity contribution >= 4 is 46.0 Å². The molecular weight excluding hydrogens is 444 g/mol. The van der Waals surface area contributed by atoms with E-state index in [-0.39, 0.29) is 30.2 Å². The van der Waals surface area contributed by atoms with Crippen molar-refractivity contribution < 1.29 is 9.59 Å². The second-order valence-corrected chi connectivity index (χ2v) is 9.04. The Morgan fingerprint density at radius 1 is 1.33 bits per heavy atom. The quantitative estimate of drug-likeness (QED) is 0.252. The fourth-order valence-electron chi connectivity index (χ4n) is 4.90. The number of carbonyl (C=O) groups excluding carboxylic acids is 2. The number of imidazole rings is 1. The normalized spacial score (nSPS) is 22.5. The lowest BCUT2D eigenvalue weighted by Gasteiger charge is -2.27. The maximum absolute atomic E-state index is 13.5. The van der Waals surface area contributed by atoms with Gasteiger partial charge in [-0.25, -0.2) is 0 Å². The molecule has 1 fully saturated rings. The average molecular weight is 467 g/mol. The number of fused-ring (bicyclic) bond motifs is 2. The Morgan fingerprint density at radius 2 is 2.15 bits per heavy atom. The number of nitrogens with one attached hydrogen (secondary N) is 2. The Morgan fingerprint density at radius 3 is 2.91 bits per heavy atom. The third kappa shape index (κ3) is 3.51. The second-order valence-electron chi connectivity index (χ2n) is 8.63. The summed E-state index contributed by atoms with van der Waals surface area (Å²) in [4.78, 5) is 38.8. The fraction of sp³-hybridized carbons (Fsp3) is 0.409. The topological polar surface area (TPSA) is 132 Å². The van der Waals surface area contributed by atoms with Crippen molar-refractivity contribution in [2.75, 3.05) is 17.3 Å². The largest absolute Gasteiger partial charge is 0.358 e. The van der Waals surface area contributed by atoms with E-state index in [1.165, 1.54) is 4.90 Å². The van der Waals surface area contributed by atoms with Crippen LogP contribution in [0.2, 0.25) is 5.02 Å². The number of benzene rings is 1. The number of carbonyl (C=O) groups is 2. The molecule has 1 unspecified atom stereocenters. The fourth-order valence-corrected chi connectivity index (χ4v) is 5.13. The van der Waals surface area contributed by atoms with E-state index in [2.05, 4.69) is 25.3 Å². The summed E-state index contributed by atoms with van der Waals surface area (Å²) >= 11 is 6.28. The first-order valence-electron chi connectivity index (χ1n) is 10.8. The zero-order chi connectivity index (χ0) is 23.3. The number of halogens is 1. The van der Waals surface area contributed by atoms with Crippen LogP contribution in [0.3, 0.4) is 0 Å². The second kappa shape index (κ2) is 8.13. The van der Waals surface area contributed by atoms with Crippen molar-refractivity contribution in [1.82, 2.24) is 14.5 Å². The molecule has 2 aliphatic rings. The van der Waals surface area contributed by atoms with Crippen LogP contribution >= 0.6 is 11.6 Å². The van der Waals surface area contributed by atoms with Crippen molar-refractivity contribution in [3.8, 4) is 0 Å². The van der Waals surface area contributed by atoms with Crippen LogP contribution in [0.15, 0.2) is 29.4 Å². The lowest BCUT2D eigenvalue weighted by atomic mass is 9.91. The van der Waals surface area contributed by atoms with Crippen LogP contribution < -0.4 is 10.2 Å². The first-order valence-corrected chi connectivity index (χ1v) is 11.2. The van der Waals surface area contributed by atoms with Crippen LogP contribution in [0.1, 0.15) is 35.4 Å². The lowest BCUT2D eigenvalue weighted by Crippen LogP contribution is -2.44. The number of H-pyrrole nitrogens is 1. The van der Waals surface area contributed by atoms with E-state index in [1.807, 2.05) is 18.2 Å². The molecule has 3 atom stereocenters. The molecule has 33 heavy (non-hydrogen) atoms. The minimum Gasteiger partial charge on any atom is -0.358 e. The predicted molar refractivity (Wildman–Crippen MR) is 126 cm³/mol. The van der Waals surface area contributed by atoms with Gasteiger partial charge in [0.05, 0.1) is 6.04 Å². The smallest absolute Gasteiger partial charge is 0.239 e. The van der Waals surface area contributed by atoms with Gasteiger partial charge in [-0.1, -0.05) is 29.2 Å². The van der Waals surface area contributed by atoms with Crippen LogP contribution in [-0.2, 0) is 18.3 Å². The standard InChI is InChI=1S/C22H23ClN8O2/c1-30-18-19(32)13(10-11-9-12-14(23)5-3-6-15(12)25-11)21(33)31(2)20(18)27-22(30)26-16-7-4-8-17(16)28-29-24/h3,5-6,9,13,16-17,25H,4,7-8,10H2,1-2H3,(H,26,27)/t13?,16-,17+/m1/s1. The van der Waals surface area contributed by atoms with E-state index in [9.17, 15) is 9.59 Å². The van der Waals surface area contributed by atoms with Gasteiger partial charge < -0.3 is 14.9 Å². The number of amides is 1. The van der Waals surface area contributed by atoms with E-state index < -0.39 is 5.92 Å². The summed E-state index contributed by atoms with van der Waals surface area (Å²) in [5.74, 6) is -0.603. The van der Waals surface area contributed by atoms with Gasteiger partial charge in [0.1, 0.15) is 11.6 Å². The van der Waals surface area contributed by atoms with Crippen LogP contribution in [0, 0.1) is 5.92 Å². The average Bonchev–Trinajstić information content (AvgIpc) is 3.49. The van der Waals surface area contributed by atoms with Crippen molar-refractivity contribution in [1.29, 1.82) is 0 Å². The number of aromatic nitrogens is 3. The number of rotatable bonds is 5. The van der Waals surface area contributed by atoms with Crippen molar-refractivity contribution in [2.24, 2.45) is 18.1 Å². The highest BCUT2D eigenvalue weighted by molar-refractivity contribution is 6.35.